The lowest BCUT2D eigenvalue weighted by molar-refractivity contribution is -0.120. The van der Waals surface area contributed by atoms with Crippen molar-refractivity contribution in [1.29, 1.82) is 0 Å². The number of carboxylic acids is 1. The first-order valence-corrected chi connectivity index (χ1v) is 6.60. The van der Waals surface area contributed by atoms with Crippen molar-refractivity contribution < 1.29 is 19.5 Å². The molecule has 3 amide bonds. The average Bonchev–Trinajstić information content (AvgIpc) is 2.42. The Bertz CT molecular complexity index is 543. The zero-order valence-corrected chi connectivity index (χ0v) is 12.0. The maximum atomic E-state index is 11.7. The van der Waals surface area contributed by atoms with Crippen LogP contribution in [0.25, 0.3) is 0 Å². The minimum absolute atomic E-state index is 0.0306. The number of rotatable bonds is 6. The van der Waals surface area contributed by atoms with Crippen LogP contribution in [0.15, 0.2) is 18.2 Å². The highest BCUT2D eigenvalue weighted by molar-refractivity contribution is 6.01. The van der Waals surface area contributed by atoms with E-state index in [9.17, 15) is 14.4 Å². The standard InChI is InChI=1S/C14H19N3O4/c1-3-7-15-11(18)8-16-14(21)17-10-6-4-5-9(2)12(10)13(19)20/h4-6H,3,7-8H2,1-2H3,(H,15,18)(H,19,20)(H2,16,17,21). The first-order chi connectivity index (χ1) is 9.95. The third kappa shape index (κ3) is 5.13. The number of benzene rings is 1. The summed E-state index contributed by atoms with van der Waals surface area (Å²) in [5.74, 6) is -1.42. The molecule has 1 rings (SSSR count). The molecule has 0 heterocycles. The summed E-state index contributed by atoms with van der Waals surface area (Å²) >= 11 is 0. The van der Waals surface area contributed by atoms with Gasteiger partial charge in [-0.1, -0.05) is 19.1 Å². The second-order valence-corrected chi connectivity index (χ2v) is 4.46. The molecule has 0 radical (unpaired) electrons. The maximum absolute atomic E-state index is 11.7. The van der Waals surface area contributed by atoms with Crippen molar-refractivity contribution in [1.82, 2.24) is 10.6 Å². The summed E-state index contributed by atoms with van der Waals surface area (Å²) in [6.45, 7) is 3.94. The highest BCUT2D eigenvalue weighted by Gasteiger charge is 2.15. The molecule has 7 nitrogen and oxygen atoms in total. The molecule has 1 aromatic carbocycles. The van der Waals surface area contributed by atoms with Gasteiger partial charge in [-0.3, -0.25) is 4.79 Å². The Hall–Kier alpha value is -2.57. The van der Waals surface area contributed by atoms with Crippen molar-refractivity contribution in [2.75, 3.05) is 18.4 Å². The lowest BCUT2D eigenvalue weighted by Crippen LogP contribution is -2.39. The quantitative estimate of drug-likeness (QED) is 0.634. The summed E-state index contributed by atoms with van der Waals surface area (Å²) in [6, 6.07) is 4.15. The molecule has 0 atom stereocenters. The smallest absolute Gasteiger partial charge is 0.338 e. The molecule has 1 aromatic rings. The topological polar surface area (TPSA) is 108 Å². The number of nitrogens with one attached hydrogen (secondary N) is 3. The van der Waals surface area contributed by atoms with E-state index >= 15 is 0 Å². The monoisotopic (exact) mass is 293 g/mol. The largest absolute Gasteiger partial charge is 0.478 e. The molecule has 7 heteroatoms. The zero-order chi connectivity index (χ0) is 15.8. The van der Waals surface area contributed by atoms with Crippen molar-refractivity contribution in [2.24, 2.45) is 0 Å². The van der Waals surface area contributed by atoms with Crippen LogP contribution in [0.4, 0.5) is 10.5 Å². The second-order valence-electron chi connectivity index (χ2n) is 4.46. The van der Waals surface area contributed by atoms with Gasteiger partial charge in [0.25, 0.3) is 0 Å². The Labute approximate surface area is 122 Å². The fraction of sp³-hybridized carbons (Fsp3) is 0.357. The van der Waals surface area contributed by atoms with E-state index in [1.54, 1.807) is 19.1 Å². The highest BCUT2D eigenvalue weighted by Crippen LogP contribution is 2.19. The Morgan fingerprint density at radius 1 is 1.19 bits per heavy atom. The van der Waals surface area contributed by atoms with Crippen LogP contribution in [0.2, 0.25) is 0 Å². The number of hydrogen-bond acceptors (Lipinski definition) is 3. The molecule has 0 fully saturated rings. The van der Waals surface area contributed by atoms with Gasteiger partial charge in [-0.2, -0.15) is 0 Å². The molecule has 4 N–H and O–H groups in total. The van der Waals surface area contributed by atoms with E-state index in [0.29, 0.717) is 12.1 Å². The Balaban J connectivity index is 2.62. The molecule has 21 heavy (non-hydrogen) atoms. The van der Waals surface area contributed by atoms with Crippen molar-refractivity contribution in [3.8, 4) is 0 Å². The Morgan fingerprint density at radius 3 is 2.52 bits per heavy atom. The SMILES string of the molecule is CCCNC(=O)CNC(=O)Nc1cccc(C)c1C(=O)O. The van der Waals surface area contributed by atoms with Gasteiger partial charge in [0.2, 0.25) is 5.91 Å². The molecule has 0 spiro atoms. The highest BCUT2D eigenvalue weighted by atomic mass is 16.4. The number of urea groups is 1. The second kappa shape index (κ2) is 7.88. The van der Waals surface area contributed by atoms with E-state index in [1.807, 2.05) is 6.92 Å². The van der Waals surface area contributed by atoms with Crippen LogP contribution in [0, 0.1) is 6.92 Å². The third-order valence-electron chi connectivity index (χ3n) is 2.72. The average molecular weight is 293 g/mol. The van der Waals surface area contributed by atoms with Crippen molar-refractivity contribution in [3.05, 3.63) is 29.3 Å². The van der Waals surface area contributed by atoms with Crippen LogP contribution in [0.5, 0.6) is 0 Å². The number of hydrogen-bond donors (Lipinski definition) is 4. The van der Waals surface area contributed by atoms with E-state index in [4.69, 9.17) is 5.11 Å². The van der Waals surface area contributed by atoms with Gasteiger partial charge in [-0.25, -0.2) is 9.59 Å². The summed E-state index contributed by atoms with van der Waals surface area (Å²) in [7, 11) is 0. The number of carbonyl (C=O) groups is 3. The van der Waals surface area contributed by atoms with Gasteiger partial charge in [0.1, 0.15) is 0 Å². The molecule has 0 bridgehead atoms. The number of anilines is 1. The molecule has 114 valence electrons. The first-order valence-electron chi connectivity index (χ1n) is 6.60. The predicted octanol–water partition coefficient (Wildman–Crippen LogP) is 1.34. The van der Waals surface area contributed by atoms with Gasteiger partial charge in [0.15, 0.2) is 0 Å². The van der Waals surface area contributed by atoms with Crippen LogP contribution in [-0.4, -0.2) is 36.1 Å². The number of carboxylic acid groups (broad SMARTS) is 1. The molecule has 0 saturated heterocycles. The summed E-state index contributed by atoms with van der Waals surface area (Å²) in [6.07, 6.45) is 0.809. The summed E-state index contributed by atoms with van der Waals surface area (Å²) in [5, 5.41) is 16.6. The van der Waals surface area contributed by atoms with Crippen LogP contribution in [-0.2, 0) is 4.79 Å². The molecule has 0 aromatic heterocycles. The number of aromatic carboxylic acids is 1. The molecule has 0 unspecified atom stereocenters. The molecule has 0 saturated carbocycles. The minimum Gasteiger partial charge on any atom is -0.478 e. The molecule has 0 aliphatic rings. The van der Waals surface area contributed by atoms with Crippen LogP contribution in [0.3, 0.4) is 0 Å². The number of carbonyl (C=O) groups excluding carboxylic acids is 2. The fourth-order valence-corrected chi connectivity index (χ4v) is 1.71. The molecular weight excluding hydrogens is 274 g/mol. The Morgan fingerprint density at radius 2 is 1.90 bits per heavy atom. The lowest BCUT2D eigenvalue weighted by atomic mass is 10.1. The predicted molar refractivity (Wildman–Crippen MR) is 78.5 cm³/mol. The number of amides is 3. The fourth-order valence-electron chi connectivity index (χ4n) is 1.71. The normalized spacial score (nSPS) is 9.81. The van der Waals surface area contributed by atoms with Crippen LogP contribution in [0.1, 0.15) is 29.3 Å². The van der Waals surface area contributed by atoms with Gasteiger partial charge in [-0.15, -0.1) is 0 Å². The van der Waals surface area contributed by atoms with Gasteiger partial charge in [0.05, 0.1) is 17.8 Å². The third-order valence-corrected chi connectivity index (χ3v) is 2.72. The van der Waals surface area contributed by atoms with E-state index in [0.717, 1.165) is 6.42 Å². The van der Waals surface area contributed by atoms with E-state index < -0.39 is 12.0 Å². The Kier molecular flexibility index (Phi) is 6.19. The first kappa shape index (κ1) is 16.5. The zero-order valence-electron chi connectivity index (χ0n) is 12.0. The van der Waals surface area contributed by atoms with E-state index in [2.05, 4.69) is 16.0 Å². The molecule has 0 aliphatic heterocycles. The summed E-state index contributed by atoms with van der Waals surface area (Å²) in [5.41, 5.74) is 0.762. The minimum atomic E-state index is -1.12. The van der Waals surface area contributed by atoms with Gasteiger partial charge in [0, 0.05) is 6.54 Å². The van der Waals surface area contributed by atoms with Gasteiger partial charge in [-0.05, 0) is 25.0 Å². The summed E-state index contributed by atoms with van der Waals surface area (Å²) < 4.78 is 0. The maximum Gasteiger partial charge on any atom is 0.338 e. The van der Waals surface area contributed by atoms with Gasteiger partial charge < -0.3 is 21.1 Å². The van der Waals surface area contributed by atoms with E-state index in [-0.39, 0.29) is 23.7 Å². The van der Waals surface area contributed by atoms with Crippen LogP contribution < -0.4 is 16.0 Å². The van der Waals surface area contributed by atoms with Crippen molar-refractivity contribution in [3.63, 3.8) is 0 Å². The number of aryl methyl sites for hydroxylation is 1. The van der Waals surface area contributed by atoms with Crippen molar-refractivity contribution in [2.45, 2.75) is 20.3 Å². The van der Waals surface area contributed by atoms with Crippen LogP contribution >= 0.6 is 0 Å². The lowest BCUT2D eigenvalue weighted by Gasteiger charge is -2.11. The van der Waals surface area contributed by atoms with Gasteiger partial charge >= 0.3 is 12.0 Å². The van der Waals surface area contributed by atoms with E-state index in [1.165, 1.54) is 6.07 Å². The molecule has 0 aliphatic carbocycles. The molecular formula is C14H19N3O4. The summed E-state index contributed by atoms with van der Waals surface area (Å²) in [4.78, 5) is 34.2. The van der Waals surface area contributed by atoms with Crippen molar-refractivity contribution >= 4 is 23.6 Å².